The van der Waals surface area contributed by atoms with E-state index in [9.17, 15) is 9.59 Å². The van der Waals surface area contributed by atoms with Crippen LogP contribution in [0.25, 0.3) is 22.4 Å². The minimum absolute atomic E-state index is 0.0185. The van der Waals surface area contributed by atoms with E-state index in [0.717, 1.165) is 35.3 Å². The van der Waals surface area contributed by atoms with Gasteiger partial charge in [-0.05, 0) is 61.7 Å². The molecule has 31 heavy (non-hydrogen) atoms. The van der Waals surface area contributed by atoms with Crippen LogP contribution in [-0.4, -0.2) is 26.8 Å². The SMILES string of the molecule is Cc1ccc2nc(-c3ccc(NC(=O)Cc4csc(NC(=O)C5CC5)n4)cc3)[nH]c2c1. The van der Waals surface area contributed by atoms with Crippen molar-refractivity contribution < 1.29 is 9.59 Å². The molecule has 0 bridgehead atoms. The average molecular weight is 432 g/mol. The zero-order valence-electron chi connectivity index (χ0n) is 16.9. The molecule has 1 aliphatic rings. The highest BCUT2D eigenvalue weighted by Crippen LogP contribution is 2.30. The highest BCUT2D eigenvalue weighted by atomic mass is 32.1. The van der Waals surface area contributed by atoms with Gasteiger partial charge in [-0.2, -0.15) is 0 Å². The lowest BCUT2D eigenvalue weighted by atomic mass is 10.2. The maximum Gasteiger partial charge on any atom is 0.230 e. The van der Waals surface area contributed by atoms with Gasteiger partial charge < -0.3 is 15.6 Å². The fraction of sp³-hybridized carbons (Fsp3) is 0.217. The second kappa shape index (κ2) is 7.96. The summed E-state index contributed by atoms with van der Waals surface area (Å²) < 4.78 is 0. The van der Waals surface area contributed by atoms with E-state index in [0.29, 0.717) is 16.5 Å². The van der Waals surface area contributed by atoms with E-state index in [4.69, 9.17) is 0 Å². The normalized spacial score (nSPS) is 13.3. The minimum atomic E-state index is -0.155. The van der Waals surface area contributed by atoms with Gasteiger partial charge in [0.2, 0.25) is 11.8 Å². The molecule has 2 aromatic heterocycles. The molecule has 2 aromatic carbocycles. The number of aromatic amines is 1. The predicted octanol–water partition coefficient (Wildman–Crippen LogP) is 4.52. The number of thiazole rings is 1. The molecule has 2 heterocycles. The molecule has 1 fully saturated rings. The summed E-state index contributed by atoms with van der Waals surface area (Å²) in [6.07, 6.45) is 2.04. The molecular formula is C23H21N5O2S. The largest absolute Gasteiger partial charge is 0.338 e. The molecule has 1 saturated carbocycles. The fourth-order valence-electron chi connectivity index (χ4n) is 3.34. The molecule has 4 aromatic rings. The van der Waals surface area contributed by atoms with E-state index in [1.807, 2.05) is 43.3 Å². The Morgan fingerprint density at radius 2 is 1.90 bits per heavy atom. The monoisotopic (exact) mass is 431 g/mol. The minimum Gasteiger partial charge on any atom is -0.338 e. The molecular weight excluding hydrogens is 410 g/mol. The van der Waals surface area contributed by atoms with E-state index < -0.39 is 0 Å². The van der Waals surface area contributed by atoms with Crippen molar-refractivity contribution in [1.82, 2.24) is 15.0 Å². The number of amides is 2. The van der Waals surface area contributed by atoms with E-state index in [2.05, 4.69) is 31.7 Å². The van der Waals surface area contributed by atoms with E-state index in [1.165, 1.54) is 16.9 Å². The summed E-state index contributed by atoms with van der Waals surface area (Å²) in [5, 5.41) is 8.05. The number of rotatable bonds is 6. The van der Waals surface area contributed by atoms with Crippen LogP contribution < -0.4 is 10.6 Å². The van der Waals surface area contributed by atoms with Crippen LogP contribution in [0.1, 0.15) is 24.1 Å². The van der Waals surface area contributed by atoms with Gasteiger partial charge in [-0.15, -0.1) is 11.3 Å². The first-order valence-corrected chi connectivity index (χ1v) is 11.0. The zero-order valence-corrected chi connectivity index (χ0v) is 17.8. The number of anilines is 2. The second-order valence-corrected chi connectivity index (χ2v) is 8.67. The molecule has 5 rings (SSSR count). The van der Waals surface area contributed by atoms with E-state index in [1.54, 1.807) is 5.38 Å². The lowest BCUT2D eigenvalue weighted by molar-refractivity contribution is -0.117. The number of nitrogens with one attached hydrogen (secondary N) is 3. The van der Waals surface area contributed by atoms with Crippen molar-refractivity contribution >= 4 is 45.0 Å². The Morgan fingerprint density at radius 3 is 2.68 bits per heavy atom. The molecule has 0 spiro atoms. The van der Waals surface area contributed by atoms with Crippen molar-refractivity contribution in [3.8, 4) is 11.4 Å². The molecule has 0 radical (unpaired) electrons. The van der Waals surface area contributed by atoms with Crippen molar-refractivity contribution in [2.45, 2.75) is 26.2 Å². The summed E-state index contributed by atoms with van der Waals surface area (Å²) in [5.74, 6) is 0.784. The Kier molecular flexibility index (Phi) is 4.99. The van der Waals surface area contributed by atoms with Gasteiger partial charge in [-0.25, -0.2) is 9.97 Å². The summed E-state index contributed by atoms with van der Waals surface area (Å²) in [4.78, 5) is 36.5. The lowest BCUT2D eigenvalue weighted by Crippen LogP contribution is -2.15. The van der Waals surface area contributed by atoms with Gasteiger partial charge >= 0.3 is 0 Å². The standard InChI is InChI=1S/C23H21N5O2S/c1-13-2-9-18-19(10-13)27-21(26-18)14-5-7-16(8-6-14)24-20(29)11-17-12-31-23(25-17)28-22(30)15-3-4-15/h2,5-10,12,15H,3-4,11H2,1H3,(H,24,29)(H,26,27)(H,25,28,30). The number of fused-ring (bicyclic) bond motifs is 1. The zero-order chi connectivity index (χ0) is 21.4. The topological polar surface area (TPSA) is 99.8 Å². The number of nitrogens with zero attached hydrogens (tertiary/aromatic N) is 2. The second-order valence-electron chi connectivity index (χ2n) is 7.82. The van der Waals surface area contributed by atoms with Gasteiger partial charge in [0.25, 0.3) is 0 Å². The fourth-order valence-corrected chi connectivity index (χ4v) is 4.05. The van der Waals surface area contributed by atoms with Crippen LogP contribution in [0.15, 0.2) is 47.8 Å². The van der Waals surface area contributed by atoms with Crippen LogP contribution >= 0.6 is 11.3 Å². The highest BCUT2D eigenvalue weighted by molar-refractivity contribution is 7.13. The third-order valence-electron chi connectivity index (χ3n) is 5.15. The molecule has 0 unspecified atom stereocenters. The first-order valence-electron chi connectivity index (χ1n) is 10.2. The number of carbonyl (C=O) groups excluding carboxylic acids is 2. The molecule has 3 N–H and O–H groups in total. The Hall–Kier alpha value is -3.52. The van der Waals surface area contributed by atoms with Gasteiger partial charge in [0.1, 0.15) is 5.82 Å². The average Bonchev–Trinajstić information content (AvgIpc) is 3.39. The number of aryl methyl sites for hydroxylation is 1. The van der Waals surface area contributed by atoms with Gasteiger partial charge in [-0.3, -0.25) is 9.59 Å². The molecule has 0 atom stereocenters. The third kappa shape index (κ3) is 4.49. The Labute approximate surface area is 182 Å². The van der Waals surface area contributed by atoms with Gasteiger partial charge in [0, 0.05) is 22.5 Å². The van der Waals surface area contributed by atoms with Crippen LogP contribution in [0, 0.1) is 12.8 Å². The van der Waals surface area contributed by atoms with E-state index >= 15 is 0 Å². The maximum absolute atomic E-state index is 12.4. The van der Waals surface area contributed by atoms with Gasteiger partial charge in [0.15, 0.2) is 5.13 Å². The summed E-state index contributed by atoms with van der Waals surface area (Å²) in [7, 11) is 0. The Bertz CT molecular complexity index is 1270. The van der Waals surface area contributed by atoms with Crippen LogP contribution in [0.4, 0.5) is 10.8 Å². The molecule has 0 aliphatic heterocycles. The Balaban J connectivity index is 1.20. The predicted molar refractivity (Wildman–Crippen MR) is 122 cm³/mol. The number of hydrogen-bond acceptors (Lipinski definition) is 5. The van der Waals surface area contributed by atoms with Gasteiger partial charge in [-0.1, -0.05) is 6.07 Å². The molecule has 2 amide bonds. The first-order chi connectivity index (χ1) is 15.0. The van der Waals surface area contributed by atoms with Crippen molar-refractivity contribution in [3.63, 3.8) is 0 Å². The number of benzene rings is 2. The highest BCUT2D eigenvalue weighted by Gasteiger charge is 2.30. The van der Waals surface area contributed by atoms with Crippen molar-refractivity contribution in [2.75, 3.05) is 10.6 Å². The number of aromatic nitrogens is 3. The third-order valence-corrected chi connectivity index (χ3v) is 5.96. The number of H-pyrrole nitrogens is 1. The van der Waals surface area contributed by atoms with Crippen LogP contribution in [-0.2, 0) is 16.0 Å². The van der Waals surface area contributed by atoms with Crippen LogP contribution in [0.2, 0.25) is 0 Å². The van der Waals surface area contributed by atoms with Crippen LogP contribution in [0.5, 0.6) is 0 Å². The summed E-state index contributed by atoms with van der Waals surface area (Å²) in [6.45, 7) is 2.05. The molecule has 0 saturated heterocycles. The molecule has 8 heteroatoms. The Morgan fingerprint density at radius 1 is 1.10 bits per heavy atom. The molecule has 1 aliphatic carbocycles. The summed E-state index contributed by atoms with van der Waals surface area (Å²) in [6, 6.07) is 13.7. The van der Waals surface area contributed by atoms with Crippen molar-refractivity contribution in [1.29, 1.82) is 0 Å². The number of imidazole rings is 1. The smallest absolute Gasteiger partial charge is 0.230 e. The molecule has 7 nitrogen and oxygen atoms in total. The van der Waals surface area contributed by atoms with Crippen molar-refractivity contribution in [2.24, 2.45) is 5.92 Å². The quantitative estimate of drug-likeness (QED) is 0.418. The lowest BCUT2D eigenvalue weighted by Gasteiger charge is -2.05. The van der Waals surface area contributed by atoms with Crippen molar-refractivity contribution in [3.05, 3.63) is 59.1 Å². The van der Waals surface area contributed by atoms with Gasteiger partial charge in [0.05, 0.1) is 23.1 Å². The first kappa shape index (κ1) is 19.4. The molecule has 156 valence electrons. The van der Waals surface area contributed by atoms with Crippen LogP contribution in [0.3, 0.4) is 0 Å². The number of carbonyl (C=O) groups is 2. The summed E-state index contributed by atoms with van der Waals surface area (Å²) in [5.41, 5.74) is 5.40. The summed E-state index contributed by atoms with van der Waals surface area (Å²) >= 11 is 1.34. The number of hydrogen-bond donors (Lipinski definition) is 3. The maximum atomic E-state index is 12.4. The van der Waals surface area contributed by atoms with E-state index in [-0.39, 0.29) is 24.2 Å².